The van der Waals surface area contributed by atoms with Crippen LogP contribution in [-0.2, 0) is 16.4 Å². The molecule has 0 amide bonds. The Hall–Kier alpha value is -1.47. The Labute approximate surface area is 138 Å². The van der Waals surface area contributed by atoms with Gasteiger partial charge in [-0.15, -0.1) is 11.3 Å². The van der Waals surface area contributed by atoms with E-state index in [1.807, 2.05) is 0 Å². The fourth-order valence-corrected chi connectivity index (χ4v) is 4.85. The number of nitrogens with one attached hydrogen (secondary N) is 1. The molecular formula is C16H15NO2S3. The van der Waals surface area contributed by atoms with Gasteiger partial charge in [-0.3, -0.25) is 0 Å². The van der Waals surface area contributed by atoms with Crippen molar-refractivity contribution in [2.45, 2.75) is 11.3 Å². The molecule has 114 valence electrons. The first kappa shape index (κ1) is 15.4. The molecule has 0 atom stereocenters. The summed E-state index contributed by atoms with van der Waals surface area (Å²) < 4.78 is 26.9. The Morgan fingerprint density at radius 3 is 2.55 bits per heavy atom. The molecule has 22 heavy (non-hydrogen) atoms. The molecule has 0 aliphatic heterocycles. The summed E-state index contributed by atoms with van der Waals surface area (Å²) in [5.74, 6) is 0. The van der Waals surface area contributed by atoms with Crippen molar-refractivity contribution in [1.82, 2.24) is 4.72 Å². The molecule has 3 aromatic rings. The third-order valence-corrected chi connectivity index (χ3v) is 6.54. The van der Waals surface area contributed by atoms with Gasteiger partial charge in [0.15, 0.2) is 0 Å². The van der Waals surface area contributed by atoms with Crippen LogP contribution in [0.1, 0.15) is 4.88 Å². The van der Waals surface area contributed by atoms with Crippen LogP contribution < -0.4 is 4.72 Å². The van der Waals surface area contributed by atoms with E-state index in [9.17, 15) is 8.42 Å². The largest absolute Gasteiger partial charge is 0.240 e. The van der Waals surface area contributed by atoms with Crippen LogP contribution in [0.25, 0.3) is 10.4 Å². The van der Waals surface area contributed by atoms with Gasteiger partial charge in [0.25, 0.3) is 0 Å². The van der Waals surface area contributed by atoms with E-state index in [1.165, 1.54) is 15.3 Å². The molecule has 0 aliphatic carbocycles. The number of hydrogen-bond donors (Lipinski definition) is 1. The molecule has 1 N–H and O–H groups in total. The van der Waals surface area contributed by atoms with Crippen molar-refractivity contribution >= 4 is 32.7 Å². The maximum Gasteiger partial charge on any atom is 0.240 e. The third-order valence-electron chi connectivity index (χ3n) is 3.18. The van der Waals surface area contributed by atoms with Crippen LogP contribution in [0, 0.1) is 0 Å². The van der Waals surface area contributed by atoms with Gasteiger partial charge in [-0.25, -0.2) is 13.1 Å². The second-order valence-electron chi connectivity index (χ2n) is 4.74. The number of thiophene rings is 2. The number of benzene rings is 1. The van der Waals surface area contributed by atoms with Crippen molar-refractivity contribution in [2.75, 3.05) is 6.54 Å². The molecule has 0 radical (unpaired) electrons. The molecule has 0 spiro atoms. The van der Waals surface area contributed by atoms with Crippen LogP contribution in [0.4, 0.5) is 0 Å². The van der Waals surface area contributed by atoms with E-state index in [1.54, 1.807) is 53.0 Å². The van der Waals surface area contributed by atoms with E-state index >= 15 is 0 Å². The minimum absolute atomic E-state index is 0.306. The van der Waals surface area contributed by atoms with E-state index < -0.39 is 10.0 Å². The average Bonchev–Trinajstić information content (AvgIpc) is 3.19. The van der Waals surface area contributed by atoms with Crippen LogP contribution in [-0.4, -0.2) is 15.0 Å². The summed E-state index contributed by atoms with van der Waals surface area (Å²) in [6.45, 7) is 0.404. The molecule has 0 unspecified atom stereocenters. The van der Waals surface area contributed by atoms with E-state index in [-0.39, 0.29) is 0 Å². The topological polar surface area (TPSA) is 46.2 Å². The van der Waals surface area contributed by atoms with Crippen molar-refractivity contribution in [3.8, 4) is 10.4 Å². The standard InChI is InChI=1S/C16H15NO2S3/c18-22(19,15-4-2-1-3-5-15)17-10-8-14-6-7-16(21-14)13-9-11-20-12-13/h1-7,9,11-12,17H,8,10H2. The number of rotatable bonds is 6. The summed E-state index contributed by atoms with van der Waals surface area (Å²) in [5, 5.41) is 4.18. The van der Waals surface area contributed by atoms with Gasteiger partial charge in [0.05, 0.1) is 4.90 Å². The monoisotopic (exact) mass is 349 g/mol. The first-order valence-corrected chi connectivity index (χ1v) is 10.1. The fourth-order valence-electron chi connectivity index (χ4n) is 2.06. The quantitative estimate of drug-likeness (QED) is 0.731. The SMILES string of the molecule is O=S(=O)(NCCc1ccc(-c2ccsc2)s1)c1ccccc1. The summed E-state index contributed by atoms with van der Waals surface area (Å²) in [6.07, 6.45) is 0.695. The van der Waals surface area contributed by atoms with Gasteiger partial charge < -0.3 is 0 Å². The number of hydrogen-bond acceptors (Lipinski definition) is 4. The highest BCUT2D eigenvalue weighted by Gasteiger charge is 2.12. The normalized spacial score (nSPS) is 11.6. The lowest BCUT2D eigenvalue weighted by Gasteiger charge is -2.05. The first-order valence-electron chi connectivity index (χ1n) is 6.81. The van der Waals surface area contributed by atoms with Crippen LogP contribution >= 0.6 is 22.7 Å². The predicted molar refractivity (Wildman–Crippen MR) is 93.0 cm³/mol. The zero-order valence-corrected chi connectivity index (χ0v) is 14.2. The molecule has 3 rings (SSSR count). The summed E-state index contributed by atoms with van der Waals surface area (Å²) in [6, 6.07) is 14.7. The molecule has 2 aromatic heterocycles. The molecule has 0 saturated carbocycles. The van der Waals surface area contributed by atoms with Gasteiger partial charge in [0, 0.05) is 21.9 Å². The van der Waals surface area contributed by atoms with Crippen molar-refractivity contribution in [2.24, 2.45) is 0 Å². The van der Waals surface area contributed by atoms with Crippen molar-refractivity contribution in [1.29, 1.82) is 0 Å². The molecule has 0 aliphatic rings. The molecular weight excluding hydrogens is 334 g/mol. The lowest BCUT2D eigenvalue weighted by Crippen LogP contribution is -2.25. The van der Waals surface area contributed by atoms with E-state index in [2.05, 4.69) is 33.7 Å². The maximum absolute atomic E-state index is 12.1. The maximum atomic E-state index is 12.1. The van der Waals surface area contributed by atoms with Gasteiger partial charge >= 0.3 is 0 Å². The third kappa shape index (κ3) is 3.64. The van der Waals surface area contributed by atoms with Gasteiger partial charge in [-0.1, -0.05) is 18.2 Å². The summed E-state index contributed by atoms with van der Waals surface area (Å²) in [7, 11) is -3.41. The van der Waals surface area contributed by atoms with Crippen molar-refractivity contribution < 1.29 is 8.42 Å². The zero-order valence-electron chi connectivity index (χ0n) is 11.7. The Morgan fingerprint density at radius 2 is 1.82 bits per heavy atom. The highest BCUT2D eigenvalue weighted by molar-refractivity contribution is 7.89. The van der Waals surface area contributed by atoms with Crippen molar-refractivity contribution in [3.05, 3.63) is 64.2 Å². The minimum atomic E-state index is -3.41. The van der Waals surface area contributed by atoms with Gasteiger partial charge in [-0.05, 0) is 47.5 Å². The summed E-state index contributed by atoms with van der Waals surface area (Å²) >= 11 is 3.39. The van der Waals surface area contributed by atoms with Gasteiger partial charge in [-0.2, -0.15) is 11.3 Å². The summed E-state index contributed by atoms with van der Waals surface area (Å²) in [4.78, 5) is 2.71. The minimum Gasteiger partial charge on any atom is -0.211 e. The van der Waals surface area contributed by atoms with E-state index in [4.69, 9.17) is 0 Å². The molecule has 0 bridgehead atoms. The molecule has 0 fully saturated rings. The van der Waals surface area contributed by atoms with Gasteiger partial charge in [0.1, 0.15) is 0 Å². The highest BCUT2D eigenvalue weighted by Crippen LogP contribution is 2.29. The molecule has 2 heterocycles. The van der Waals surface area contributed by atoms with E-state index in [0.29, 0.717) is 17.9 Å². The highest BCUT2D eigenvalue weighted by atomic mass is 32.2. The molecule has 6 heteroatoms. The molecule has 0 saturated heterocycles. The Bertz CT molecular complexity index is 821. The lowest BCUT2D eigenvalue weighted by molar-refractivity contribution is 0.582. The van der Waals surface area contributed by atoms with Crippen molar-refractivity contribution in [3.63, 3.8) is 0 Å². The molecule has 3 nitrogen and oxygen atoms in total. The lowest BCUT2D eigenvalue weighted by atomic mass is 10.3. The Morgan fingerprint density at radius 1 is 1.00 bits per heavy atom. The first-order chi connectivity index (χ1) is 10.6. The van der Waals surface area contributed by atoms with E-state index in [0.717, 1.165) is 0 Å². The van der Waals surface area contributed by atoms with Crippen LogP contribution in [0.15, 0.2) is 64.2 Å². The smallest absolute Gasteiger partial charge is 0.211 e. The number of sulfonamides is 1. The average molecular weight is 350 g/mol. The Kier molecular flexibility index (Phi) is 4.73. The van der Waals surface area contributed by atoms with Crippen LogP contribution in [0.5, 0.6) is 0 Å². The second kappa shape index (κ2) is 6.75. The second-order valence-corrected chi connectivity index (χ2v) is 8.45. The fraction of sp³-hybridized carbons (Fsp3) is 0.125. The zero-order chi connectivity index (χ0) is 15.4. The Balaban J connectivity index is 1.60. The van der Waals surface area contributed by atoms with Crippen LogP contribution in [0.3, 0.4) is 0 Å². The molecule has 1 aromatic carbocycles. The summed E-state index contributed by atoms with van der Waals surface area (Å²) in [5.41, 5.74) is 1.23. The van der Waals surface area contributed by atoms with Crippen LogP contribution in [0.2, 0.25) is 0 Å². The predicted octanol–water partition coefficient (Wildman–Crippen LogP) is 4.00. The van der Waals surface area contributed by atoms with Gasteiger partial charge in [0.2, 0.25) is 10.0 Å².